The largest absolute Gasteiger partial charge is 0.474 e. The lowest BCUT2D eigenvalue weighted by atomic mass is 9.92. The summed E-state index contributed by atoms with van der Waals surface area (Å²) >= 11 is 0. The number of pyridine rings is 1. The minimum Gasteiger partial charge on any atom is -0.474 e. The summed E-state index contributed by atoms with van der Waals surface area (Å²) in [6, 6.07) is 12.4. The van der Waals surface area contributed by atoms with E-state index >= 15 is 0 Å². The second kappa shape index (κ2) is 7.54. The number of nitrogens with one attached hydrogen (secondary N) is 2. The van der Waals surface area contributed by atoms with Gasteiger partial charge in [0.1, 0.15) is 12.2 Å². The van der Waals surface area contributed by atoms with Gasteiger partial charge in [0.05, 0.1) is 17.3 Å². The van der Waals surface area contributed by atoms with Gasteiger partial charge in [-0.1, -0.05) is 18.2 Å². The van der Waals surface area contributed by atoms with Gasteiger partial charge in [-0.05, 0) is 37.3 Å². The summed E-state index contributed by atoms with van der Waals surface area (Å²) in [4.78, 5) is 4.19. The molecule has 1 aliphatic carbocycles. The van der Waals surface area contributed by atoms with Crippen LogP contribution in [0.3, 0.4) is 0 Å². The quantitative estimate of drug-likeness (QED) is 0.739. The normalized spacial score (nSPS) is 20.0. The molecule has 2 N–H and O–H groups in total. The van der Waals surface area contributed by atoms with Crippen LogP contribution in [-0.2, 0) is 6.54 Å². The highest BCUT2D eigenvalue weighted by atomic mass is 16.5. The van der Waals surface area contributed by atoms with Crippen molar-refractivity contribution in [3.05, 3.63) is 53.9 Å². The highest BCUT2D eigenvalue weighted by Crippen LogP contribution is 2.24. The molecule has 26 heavy (non-hydrogen) atoms. The van der Waals surface area contributed by atoms with E-state index < -0.39 is 0 Å². The monoisotopic (exact) mass is 347 g/mol. The number of rotatable bonds is 5. The third kappa shape index (κ3) is 3.68. The van der Waals surface area contributed by atoms with Crippen LogP contribution in [0.1, 0.15) is 36.8 Å². The number of nitriles is 1. The number of benzene rings is 1. The van der Waals surface area contributed by atoms with Crippen LogP contribution >= 0.6 is 0 Å². The minimum atomic E-state index is 0.199. The molecule has 0 bridgehead atoms. The maximum atomic E-state index is 8.81. The molecule has 6 nitrogen and oxygen atoms in total. The van der Waals surface area contributed by atoms with E-state index in [2.05, 4.69) is 44.8 Å². The highest BCUT2D eigenvalue weighted by molar-refractivity contribution is 5.81. The molecule has 0 radical (unpaired) electrons. The second-order valence-electron chi connectivity index (χ2n) is 6.72. The van der Waals surface area contributed by atoms with Crippen LogP contribution in [0.4, 0.5) is 0 Å². The summed E-state index contributed by atoms with van der Waals surface area (Å²) in [5.74, 6) is 0.603. The molecule has 0 unspecified atom stereocenters. The average molecular weight is 347 g/mol. The number of hydrogen-bond donors (Lipinski definition) is 2. The van der Waals surface area contributed by atoms with Crippen LogP contribution in [0, 0.1) is 11.3 Å². The summed E-state index contributed by atoms with van der Waals surface area (Å²) in [6.07, 6.45) is 7.79. The average Bonchev–Trinajstić information content (AvgIpc) is 3.17. The molecule has 132 valence electrons. The summed E-state index contributed by atoms with van der Waals surface area (Å²) in [7, 11) is 0. The van der Waals surface area contributed by atoms with Gasteiger partial charge in [-0.25, -0.2) is 4.98 Å². The van der Waals surface area contributed by atoms with E-state index in [1.54, 1.807) is 18.3 Å². The van der Waals surface area contributed by atoms with Crippen molar-refractivity contribution in [1.82, 2.24) is 20.5 Å². The van der Waals surface area contributed by atoms with Gasteiger partial charge >= 0.3 is 0 Å². The molecule has 6 heteroatoms. The van der Waals surface area contributed by atoms with E-state index in [9.17, 15) is 0 Å². The highest BCUT2D eigenvalue weighted by Gasteiger charge is 2.22. The number of nitrogens with zero attached hydrogens (tertiary/aromatic N) is 3. The van der Waals surface area contributed by atoms with Crippen LogP contribution in [0.15, 0.2) is 42.7 Å². The van der Waals surface area contributed by atoms with Gasteiger partial charge in [-0.15, -0.1) is 0 Å². The lowest BCUT2D eigenvalue weighted by Crippen LogP contribution is -2.36. The number of para-hydroxylation sites is 1. The molecule has 0 atom stereocenters. The lowest BCUT2D eigenvalue weighted by molar-refractivity contribution is 0.134. The molecule has 3 aromatic rings. The standard InChI is InChI=1S/C20H21N5O/c21-10-14-4-9-19(23-11-14)26-18-7-5-17(6-8-18)22-12-15-2-1-3-16-13-24-25-20(15)16/h1-4,9,11,13,17-18,22H,5-8,12H2,(H,24,25). The minimum absolute atomic E-state index is 0.199. The zero-order valence-electron chi connectivity index (χ0n) is 14.5. The number of aromatic nitrogens is 3. The lowest BCUT2D eigenvalue weighted by Gasteiger charge is -2.29. The first-order valence-corrected chi connectivity index (χ1v) is 8.99. The SMILES string of the molecule is N#Cc1ccc(OC2CCC(NCc3cccc4cn[nH]c34)CC2)nc1. The molecule has 0 aliphatic heterocycles. The number of H-pyrrole nitrogens is 1. The Balaban J connectivity index is 1.27. The zero-order chi connectivity index (χ0) is 17.8. The van der Waals surface area contributed by atoms with Crippen LogP contribution in [0.2, 0.25) is 0 Å². The molecule has 4 rings (SSSR count). The Morgan fingerprint density at radius 2 is 2.04 bits per heavy atom. The van der Waals surface area contributed by atoms with Gasteiger partial charge in [0, 0.05) is 30.2 Å². The van der Waals surface area contributed by atoms with E-state index in [4.69, 9.17) is 10.00 Å². The Hall–Kier alpha value is -2.91. The molecule has 1 fully saturated rings. The van der Waals surface area contributed by atoms with Gasteiger partial charge in [0.2, 0.25) is 5.88 Å². The molecule has 1 saturated carbocycles. The Morgan fingerprint density at radius 1 is 1.15 bits per heavy atom. The predicted octanol–water partition coefficient (Wildman–Crippen LogP) is 3.31. The fraction of sp³-hybridized carbons (Fsp3) is 0.350. The summed E-state index contributed by atoms with van der Waals surface area (Å²) < 4.78 is 5.95. The third-order valence-electron chi connectivity index (χ3n) is 4.97. The van der Waals surface area contributed by atoms with Crippen molar-refractivity contribution in [3.8, 4) is 11.9 Å². The molecular formula is C20H21N5O. The first kappa shape index (κ1) is 16.6. The Bertz CT molecular complexity index is 904. The molecule has 1 aliphatic rings. The Kier molecular flexibility index (Phi) is 4.80. The van der Waals surface area contributed by atoms with Crippen LogP contribution < -0.4 is 10.1 Å². The second-order valence-corrected chi connectivity index (χ2v) is 6.72. The van der Waals surface area contributed by atoms with Crippen molar-refractivity contribution >= 4 is 10.9 Å². The van der Waals surface area contributed by atoms with Crippen molar-refractivity contribution in [2.75, 3.05) is 0 Å². The van der Waals surface area contributed by atoms with Crippen LogP contribution in [-0.4, -0.2) is 27.3 Å². The van der Waals surface area contributed by atoms with E-state index in [1.807, 2.05) is 6.20 Å². The molecule has 1 aromatic carbocycles. The van der Waals surface area contributed by atoms with Crippen LogP contribution in [0.5, 0.6) is 5.88 Å². The van der Waals surface area contributed by atoms with Crippen LogP contribution in [0.25, 0.3) is 10.9 Å². The topological polar surface area (TPSA) is 86.6 Å². The smallest absolute Gasteiger partial charge is 0.213 e. The summed E-state index contributed by atoms with van der Waals surface area (Å²) in [6.45, 7) is 0.840. The van der Waals surface area contributed by atoms with E-state index in [-0.39, 0.29) is 6.10 Å². The summed E-state index contributed by atoms with van der Waals surface area (Å²) in [5.41, 5.74) is 2.92. The molecule has 2 heterocycles. The Morgan fingerprint density at radius 3 is 2.81 bits per heavy atom. The number of ether oxygens (including phenoxy) is 1. The Labute approximate surface area is 152 Å². The van der Waals surface area contributed by atoms with E-state index in [0.717, 1.165) is 43.1 Å². The number of fused-ring (bicyclic) bond motifs is 1. The van der Waals surface area contributed by atoms with Gasteiger partial charge in [0.15, 0.2) is 0 Å². The maximum Gasteiger partial charge on any atom is 0.213 e. The van der Waals surface area contributed by atoms with E-state index in [0.29, 0.717) is 17.5 Å². The fourth-order valence-electron chi connectivity index (χ4n) is 3.50. The molecular weight excluding hydrogens is 326 g/mol. The first-order valence-electron chi connectivity index (χ1n) is 8.99. The number of hydrogen-bond acceptors (Lipinski definition) is 5. The van der Waals surface area contributed by atoms with Crippen molar-refractivity contribution in [3.63, 3.8) is 0 Å². The van der Waals surface area contributed by atoms with Gasteiger partial charge in [-0.3, -0.25) is 5.10 Å². The predicted molar refractivity (Wildman–Crippen MR) is 98.6 cm³/mol. The number of aromatic amines is 1. The zero-order valence-corrected chi connectivity index (χ0v) is 14.5. The van der Waals surface area contributed by atoms with Crippen molar-refractivity contribution in [1.29, 1.82) is 5.26 Å². The molecule has 0 amide bonds. The first-order chi connectivity index (χ1) is 12.8. The third-order valence-corrected chi connectivity index (χ3v) is 4.97. The molecule has 0 spiro atoms. The van der Waals surface area contributed by atoms with Gasteiger partial charge in [0.25, 0.3) is 0 Å². The maximum absolute atomic E-state index is 8.81. The molecule has 0 saturated heterocycles. The van der Waals surface area contributed by atoms with Crippen molar-refractivity contribution in [2.45, 2.75) is 44.4 Å². The summed E-state index contributed by atoms with van der Waals surface area (Å²) in [5, 5.41) is 20.8. The van der Waals surface area contributed by atoms with Crippen molar-refractivity contribution in [2.24, 2.45) is 0 Å². The van der Waals surface area contributed by atoms with Gasteiger partial charge in [-0.2, -0.15) is 10.4 Å². The van der Waals surface area contributed by atoms with Crippen molar-refractivity contribution < 1.29 is 4.74 Å². The molecule has 2 aromatic heterocycles. The van der Waals surface area contributed by atoms with E-state index in [1.165, 1.54) is 5.56 Å². The fourth-order valence-corrected chi connectivity index (χ4v) is 3.50. The van der Waals surface area contributed by atoms with Gasteiger partial charge < -0.3 is 10.1 Å².